The van der Waals surface area contributed by atoms with Gasteiger partial charge in [0.25, 0.3) is 0 Å². The number of H-pyrrole nitrogens is 1. The van der Waals surface area contributed by atoms with Crippen LogP contribution in [0, 0.1) is 17.8 Å². The Bertz CT molecular complexity index is 1570. The van der Waals surface area contributed by atoms with Crippen LogP contribution in [0.1, 0.15) is 90.8 Å². The molecule has 2 unspecified atom stereocenters. The third-order valence-corrected chi connectivity index (χ3v) is 12.2. The van der Waals surface area contributed by atoms with Gasteiger partial charge in [-0.05, 0) is 63.9 Å². The van der Waals surface area contributed by atoms with Crippen molar-refractivity contribution in [1.82, 2.24) is 25.9 Å². The van der Waals surface area contributed by atoms with Gasteiger partial charge in [-0.3, -0.25) is 29.3 Å². The van der Waals surface area contributed by atoms with Crippen molar-refractivity contribution in [2.24, 2.45) is 23.5 Å². The van der Waals surface area contributed by atoms with Crippen LogP contribution in [0.15, 0.2) is 42.9 Å². The molecule has 0 saturated heterocycles. The zero-order chi connectivity index (χ0) is 37.8. The maximum Gasteiger partial charge on any atom is 0.243 e. The lowest BCUT2D eigenvalue weighted by molar-refractivity contribution is -0.132. The Kier molecular flexibility index (Phi) is 15.5. The number of nitrogens with zero attached hydrogens (tertiary/aromatic N) is 1. The fourth-order valence-corrected chi connectivity index (χ4v) is 7.69. The largest absolute Gasteiger partial charge is 0.370 e. The fourth-order valence-electron chi connectivity index (χ4n) is 6.39. The number of imidazole rings is 1. The van der Waals surface area contributed by atoms with Crippen molar-refractivity contribution in [1.29, 1.82) is 0 Å². The van der Waals surface area contributed by atoms with Gasteiger partial charge in [0.05, 0.1) is 41.4 Å². The smallest absolute Gasteiger partial charge is 0.243 e. The van der Waals surface area contributed by atoms with E-state index >= 15 is 0 Å². The first-order valence-electron chi connectivity index (χ1n) is 17.9. The molecular weight excluding hydrogens is 673 g/mol. The number of carbonyl (C=O) groups excluding carboxylic acids is 5. The predicted molar refractivity (Wildman–Crippen MR) is 195 cm³/mol. The molecule has 1 aliphatic rings. The van der Waals surface area contributed by atoms with Crippen molar-refractivity contribution in [3.8, 4) is 0 Å². The van der Waals surface area contributed by atoms with Crippen LogP contribution in [-0.2, 0) is 46.7 Å². The average Bonchev–Trinajstić information content (AvgIpc) is 3.78. The predicted octanol–water partition coefficient (Wildman–Crippen LogP) is 2.59. The Labute approximate surface area is 302 Å². The van der Waals surface area contributed by atoms with Crippen molar-refractivity contribution >= 4 is 39.1 Å². The summed E-state index contributed by atoms with van der Waals surface area (Å²) in [5.74, 6) is -3.62. The lowest BCUT2D eigenvalue weighted by atomic mass is 9.89. The number of ketones is 2. The molecule has 1 aromatic heterocycles. The van der Waals surface area contributed by atoms with Crippen molar-refractivity contribution in [3.05, 3.63) is 54.1 Å². The number of carbonyl (C=O) groups is 5. The molecule has 13 nitrogen and oxygen atoms in total. The van der Waals surface area contributed by atoms with E-state index in [-0.39, 0.29) is 55.6 Å². The van der Waals surface area contributed by atoms with Gasteiger partial charge in [-0.2, -0.15) is 0 Å². The average molecular weight is 729 g/mol. The molecule has 1 heterocycles. The summed E-state index contributed by atoms with van der Waals surface area (Å²) in [5, 5.41) is 8.81. The van der Waals surface area contributed by atoms with Gasteiger partial charge >= 0.3 is 0 Å². The molecule has 0 radical (unpaired) electrons. The van der Waals surface area contributed by atoms with E-state index in [0.717, 1.165) is 31.2 Å². The molecule has 3 rings (SSSR count). The molecule has 1 fully saturated rings. The summed E-state index contributed by atoms with van der Waals surface area (Å²) < 4.78 is 25.4. The van der Waals surface area contributed by atoms with E-state index in [0.29, 0.717) is 12.1 Å². The number of Topliss-reactive ketones (excluding diaryl/α,β-unsaturated/α-hetero) is 2. The first-order valence-corrected chi connectivity index (χ1v) is 19.5. The number of primary amides is 1. The van der Waals surface area contributed by atoms with E-state index in [4.69, 9.17) is 5.73 Å². The van der Waals surface area contributed by atoms with E-state index in [1.54, 1.807) is 20.8 Å². The van der Waals surface area contributed by atoms with Crippen molar-refractivity contribution in [3.63, 3.8) is 0 Å². The van der Waals surface area contributed by atoms with Crippen LogP contribution < -0.4 is 21.7 Å². The number of nitrogens with one attached hydrogen (secondary N) is 4. The third-order valence-electron chi connectivity index (χ3n) is 9.54. The summed E-state index contributed by atoms with van der Waals surface area (Å²) in [6, 6.07) is 6.64. The topological polar surface area (TPSA) is 210 Å². The molecule has 51 heavy (non-hydrogen) atoms. The normalized spacial score (nSPS) is 16.3. The maximum absolute atomic E-state index is 13.9. The highest BCUT2D eigenvalue weighted by molar-refractivity contribution is 7.92. The Hall–Kier alpha value is -3.91. The highest BCUT2D eigenvalue weighted by Gasteiger charge is 2.37. The third kappa shape index (κ3) is 13.0. The number of aromatic amines is 1. The molecular formula is C37H56N6O7S. The summed E-state index contributed by atoms with van der Waals surface area (Å²) in [4.78, 5) is 72.8. The van der Waals surface area contributed by atoms with Crippen molar-refractivity contribution in [2.75, 3.05) is 12.3 Å². The van der Waals surface area contributed by atoms with Gasteiger partial charge in [-0.25, -0.2) is 13.4 Å². The van der Waals surface area contributed by atoms with Gasteiger partial charge < -0.3 is 21.4 Å². The van der Waals surface area contributed by atoms with Crippen LogP contribution in [0.4, 0.5) is 0 Å². The SMILES string of the molecule is CC(C)[C@H](NC(C(=O)CNC(=O)C(Cc1cnc[nH]1)NC(=O)[C@H](Cc1ccccc1)CS(=O)(=O)C(C)(C)C)C1CCCC1)C(=O)CCCC(N)=O. The van der Waals surface area contributed by atoms with Crippen LogP contribution >= 0.6 is 0 Å². The fraction of sp³-hybridized carbons (Fsp3) is 0.622. The first kappa shape index (κ1) is 41.5. The van der Waals surface area contributed by atoms with E-state index < -0.39 is 62.1 Å². The van der Waals surface area contributed by atoms with Gasteiger partial charge in [-0.1, -0.05) is 57.0 Å². The number of hydrogen-bond donors (Lipinski definition) is 5. The highest BCUT2D eigenvalue weighted by atomic mass is 32.2. The van der Waals surface area contributed by atoms with E-state index in [1.807, 2.05) is 44.2 Å². The number of rotatable bonds is 21. The summed E-state index contributed by atoms with van der Waals surface area (Å²) in [5.41, 5.74) is 6.58. The van der Waals surface area contributed by atoms with Crippen LogP contribution in [-0.4, -0.2) is 82.8 Å². The van der Waals surface area contributed by atoms with Gasteiger partial charge in [-0.15, -0.1) is 0 Å². The van der Waals surface area contributed by atoms with Crippen LogP contribution in [0.2, 0.25) is 0 Å². The van der Waals surface area contributed by atoms with E-state index in [9.17, 15) is 32.4 Å². The second kappa shape index (κ2) is 19.1. The number of aromatic nitrogens is 2. The summed E-state index contributed by atoms with van der Waals surface area (Å²) in [7, 11) is -3.71. The first-order chi connectivity index (χ1) is 24.0. The van der Waals surface area contributed by atoms with Crippen LogP contribution in [0.3, 0.4) is 0 Å². The van der Waals surface area contributed by atoms with Gasteiger partial charge in [0, 0.05) is 31.2 Å². The molecule has 1 aromatic carbocycles. The second-order valence-electron chi connectivity index (χ2n) is 15.0. The van der Waals surface area contributed by atoms with Gasteiger partial charge in [0.15, 0.2) is 15.6 Å². The molecule has 1 aliphatic carbocycles. The van der Waals surface area contributed by atoms with E-state index in [1.165, 1.54) is 12.5 Å². The molecule has 0 aliphatic heterocycles. The minimum Gasteiger partial charge on any atom is -0.370 e. The Morgan fingerprint density at radius 2 is 1.63 bits per heavy atom. The molecule has 2 aromatic rings. The standard InChI is InChI=1S/C37H56N6O7S/c1-24(2)33(30(44)16-11-17-32(38)46)43-34(26-14-9-10-15-26)31(45)21-40-36(48)29(19-28-20-39-23-41-28)42-35(47)27(18-25-12-7-6-8-13-25)22-51(49,50)37(3,4)5/h6-8,12-13,20,23-24,26-27,29,33-34,43H,9-11,14-19,21-22H2,1-5H3,(H2,38,46)(H,39,41)(H,40,48)(H,42,47)/t27-,29?,33+,34?/m1/s1. The molecule has 4 atom stereocenters. The second-order valence-corrected chi connectivity index (χ2v) is 17.8. The van der Waals surface area contributed by atoms with Crippen LogP contribution in [0.25, 0.3) is 0 Å². The van der Waals surface area contributed by atoms with Gasteiger partial charge in [0.1, 0.15) is 11.8 Å². The molecule has 6 N–H and O–H groups in total. The molecule has 0 spiro atoms. The Morgan fingerprint density at radius 1 is 0.961 bits per heavy atom. The summed E-state index contributed by atoms with van der Waals surface area (Å²) >= 11 is 0. The number of amides is 3. The number of hydrogen-bond acceptors (Lipinski definition) is 9. The van der Waals surface area contributed by atoms with Crippen molar-refractivity contribution in [2.45, 2.75) is 115 Å². The highest BCUT2D eigenvalue weighted by Crippen LogP contribution is 2.29. The number of nitrogens with two attached hydrogens (primary N) is 1. The number of benzene rings is 1. The van der Waals surface area contributed by atoms with Crippen molar-refractivity contribution < 1.29 is 32.4 Å². The van der Waals surface area contributed by atoms with E-state index in [2.05, 4.69) is 25.9 Å². The maximum atomic E-state index is 13.9. The molecule has 282 valence electrons. The zero-order valence-corrected chi connectivity index (χ0v) is 31.4. The lowest BCUT2D eigenvalue weighted by Crippen LogP contribution is -2.56. The zero-order valence-electron chi connectivity index (χ0n) is 30.6. The molecule has 1 saturated carbocycles. The quantitative estimate of drug-likeness (QED) is 0.128. The number of sulfone groups is 1. The summed E-state index contributed by atoms with van der Waals surface area (Å²) in [6.45, 7) is 8.20. The minimum absolute atomic E-state index is 0.0157. The Balaban J connectivity index is 1.79. The monoisotopic (exact) mass is 728 g/mol. The lowest BCUT2D eigenvalue weighted by Gasteiger charge is -2.31. The molecule has 14 heteroatoms. The molecule has 3 amide bonds. The van der Waals surface area contributed by atoms with Crippen LogP contribution in [0.5, 0.6) is 0 Å². The van der Waals surface area contributed by atoms with Gasteiger partial charge in [0.2, 0.25) is 17.7 Å². The summed E-state index contributed by atoms with van der Waals surface area (Å²) in [6.07, 6.45) is 7.23. The minimum atomic E-state index is -3.71. The Morgan fingerprint density at radius 3 is 2.20 bits per heavy atom. The molecule has 0 bridgehead atoms.